The van der Waals surface area contributed by atoms with E-state index in [9.17, 15) is 18.0 Å². The summed E-state index contributed by atoms with van der Waals surface area (Å²) < 4.78 is 41.5. The molecule has 0 saturated carbocycles. The fourth-order valence-corrected chi connectivity index (χ4v) is 5.01. The quantitative estimate of drug-likeness (QED) is 0.279. The van der Waals surface area contributed by atoms with Gasteiger partial charge in [-0.15, -0.1) is 0 Å². The Kier molecular flexibility index (Phi) is 4.36. The van der Waals surface area contributed by atoms with E-state index in [2.05, 4.69) is 4.57 Å². The Bertz CT molecular complexity index is 1600. The molecule has 0 saturated heterocycles. The first-order chi connectivity index (χ1) is 16.3. The standard InChI is InChI=1S/C28H19F3N2O/c1-32-16-18-6-4-11-24(25(18)27(32)34)33-23-10-3-2-7-21(23)22-9-5-8-20(26(22)33)17-12-14-19(15-13-17)28(29,30)31/h2-15H,16H2,1H3. The largest absolute Gasteiger partial charge is 0.416 e. The number of fused-ring (bicyclic) bond motifs is 4. The van der Waals surface area contributed by atoms with Crippen LogP contribution in [0.5, 0.6) is 0 Å². The van der Waals surface area contributed by atoms with Crippen LogP contribution in [-0.2, 0) is 12.7 Å². The van der Waals surface area contributed by atoms with Crippen molar-refractivity contribution < 1.29 is 18.0 Å². The topological polar surface area (TPSA) is 25.2 Å². The predicted octanol–water partition coefficient (Wildman–Crippen LogP) is 7.06. The number of amides is 1. The SMILES string of the molecule is CN1Cc2cccc(-n3c4ccccc4c4cccc(-c5ccc(C(F)(F)F)cc5)c43)c2C1=O. The zero-order valence-electron chi connectivity index (χ0n) is 18.2. The Labute approximate surface area is 193 Å². The summed E-state index contributed by atoms with van der Waals surface area (Å²) in [6.45, 7) is 0.547. The molecule has 0 atom stereocenters. The van der Waals surface area contributed by atoms with Crippen LogP contribution in [0.1, 0.15) is 21.5 Å². The van der Waals surface area contributed by atoms with E-state index >= 15 is 0 Å². The minimum Gasteiger partial charge on any atom is -0.337 e. The predicted molar refractivity (Wildman–Crippen MR) is 127 cm³/mol. The Balaban J connectivity index is 1.70. The summed E-state index contributed by atoms with van der Waals surface area (Å²) >= 11 is 0. The van der Waals surface area contributed by atoms with Gasteiger partial charge >= 0.3 is 6.18 Å². The van der Waals surface area contributed by atoms with E-state index in [0.717, 1.165) is 50.8 Å². The number of aromatic nitrogens is 1. The molecule has 34 heavy (non-hydrogen) atoms. The maximum Gasteiger partial charge on any atom is 0.416 e. The average molecular weight is 456 g/mol. The van der Waals surface area contributed by atoms with Crippen LogP contribution in [0.15, 0.2) is 84.9 Å². The van der Waals surface area contributed by atoms with Gasteiger partial charge in [-0.25, -0.2) is 0 Å². The van der Waals surface area contributed by atoms with Gasteiger partial charge in [0.25, 0.3) is 5.91 Å². The van der Waals surface area contributed by atoms with E-state index in [0.29, 0.717) is 17.7 Å². The number of hydrogen-bond acceptors (Lipinski definition) is 1. The molecule has 0 spiro atoms. The fraction of sp³-hybridized carbons (Fsp3) is 0.107. The molecule has 168 valence electrons. The molecule has 3 nitrogen and oxygen atoms in total. The van der Waals surface area contributed by atoms with Crippen molar-refractivity contribution in [3.63, 3.8) is 0 Å². The maximum absolute atomic E-state index is 13.2. The highest BCUT2D eigenvalue weighted by Gasteiger charge is 2.31. The van der Waals surface area contributed by atoms with E-state index in [1.165, 1.54) is 12.1 Å². The number of benzene rings is 4. The van der Waals surface area contributed by atoms with Crippen molar-refractivity contribution in [3.8, 4) is 16.8 Å². The van der Waals surface area contributed by atoms with Crippen LogP contribution >= 0.6 is 0 Å². The molecule has 1 aromatic heterocycles. The second-order valence-corrected chi connectivity index (χ2v) is 8.60. The van der Waals surface area contributed by atoms with Gasteiger partial charge in [-0.3, -0.25) is 4.79 Å². The normalized spacial score (nSPS) is 13.8. The minimum atomic E-state index is -4.39. The molecule has 0 fully saturated rings. The molecule has 0 unspecified atom stereocenters. The lowest BCUT2D eigenvalue weighted by atomic mass is 10.0. The van der Waals surface area contributed by atoms with Crippen LogP contribution in [0, 0.1) is 0 Å². The number of rotatable bonds is 2. The van der Waals surface area contributed by atoms with Gasteiger partial charge in [-0.05, 0) is 35.4 Å². The van der Waals surface area contributed by atoms with Crippen molar-refractivity contribution in [2.75, 3.05) is 7.05 Å². The molecule has 6 rings (SSSR count). The third kappa shape index (κ3) is 2.95. The number of carbonyl (C=O) groups excluding carboxylic acids is 1. The molecule has 0 bridgehead atoms. The highest BCUT2D eigenvalue weighted by Crippen LogP contribution is 2.40. The van der Waals surface area contributed by atoms with E-state index in [-0.39, 0.29) is 5.91 Å². The summed E-state index contributed by atoms with van der Waals surface area (Å²) in [5.41, 5.74) is 5.00. The van der Waals surface area contributed by atoms with Crippen LogP contribution < -0.4 is 0 Å². The molecule has 5 aromatic rings. The summed E-state index contributed by atoms with van der Waals surface area (Å²) in [6.07, 6.45) is -4.39. The van der Waals surface area contributed by atoms with Crippen LogP contribution in [0.4, 0.5) is 13.2 Å². The molecule has 1 amide bonds. The highest BCUT2D eigenvalue weighted by atomic mass is 19.4. The molecule has 0 radical (unpaired) electrons. The zero-order valence-corrected chi connectivity index (χ0v) is 18.2. The average Bonchev–Trinajstić information content (AvgIpc) is 3.32. The minimum absolute atomic E-state index is 0.0384. The second kappa shape index (κ2) is 7.22. The van der Waals surface area contributed by atoms with Gasteiger partial charge in [0.05, 0.1) is 27.8 Å². The van der Waals surface area contributed by atoms with E-state index in [1.54, 1.807) is 11.9 Å². The third-order valence-electron chi connectivity index (χ3n) is 6.56. The van der Waals surface area contributed by atoms with Crippen molar-refractivity contribution in [2.24, 2.45) is 0 Å². The second-order valence-electron chi connectivity index (χ2n) is 8.60. The van der Waals surface area contributed by atoms with Crippen molar-refractivity contribution in [2.45, 2.75) is 12.7 Å². The molecular formula is C28H19F3N2O. The molecule has 0 N–H and O–H groups in total. The summed E-state index contributed by atoms with van der Waals surface area (Å²) in [4.78, 5) is 14.8. The van der Waals surface area contributed by atoms with Crippen molar-refractivity contribution in [1.82, 2.24) is 9.47 Å². The van der Waals surface area contributed by atoms with Crippen molar-refractivity contribution in [1.29, 1.82) is 0 Å². The molecule has 4 aromatic carbocycles. The van der Waals surface area contributed by atoms with E-state index < -0.39 is 11.7 Å². The lowest BCUT2D eigenvalue weighted by Gasteiger charge is -2.15. The monoisotopic (exact) mass is 456 g/mol. The van der Waals surface area contributed by atoms with Crippen molar-refractivity contribution in [3.05, 3.63) is 102 Å². The molecule has 6 heteroatoms. The van der Waals surface area contributed by atoms with Gasteiger partial charge in [-0.1, -0.05) is 60.7 Å². The zero-order chi connectivity index (χ0) is 23.6. The van der Waals surface area contributed by atoms with Crippen LogP contribution in [0.3, 0.4) is 0 Å². The van der Waals surface area contributed by atoms with Gasteiger partial charge in [-0.2, -0.15) is 13.2 Å². The summed E-state index contributed by atoms with van der Waals surface area (Å²) in [5, 5.41) is 1.99. The summed E-state index contributed by atoms with van der Waals surface area (Å²) in [7, 11) is 1.78. The van der Waals surface area contributed by atoms with Gasteiger partial charge in [0.2, 0.25) is 0 Å². The van der Waals surface area contributed by atoms with Gasteiger partial charge in [0.15, 0.2) is 0 Å². The van der Waals surface area contributed by atoms with Gasteiger partial charge < -0.3 is 9.47 Å². The number of nitrogens with zero attached hydrogens (tertiary/aromatic N) is 2. The smallest absolute Gasteiger partial charge is 0.337 e. The lowest BCUT2D eigenvalue weighted by molar-refractivity contribution is -0.137. The first-order valence-electron chi connectivity index (χ1n) is 10.9. The third-order valence-corrected chi connectivity index (χ3v) is 6.56. The number of hydrogen-bond donors (Lipinski definition) is 0. The van der Waals surface area contributed by atoms with Gasteiger partial charge in [0, 0.05) is 29.9 Å². The maximum atomic E-state index is 13.2. The Morgan fingerprint density at radius 1 is 0.794 bits per heavy atom. The van der Waals surface area contributed by atoms with Crippen LogP contribution in [0.25, 0.3) is 38.6 Å². The first kappa shape index (κ1) is 20.5. The summed E-state index contributed by atoms with van der Waals surface area (Å²) in [6, 6.07) is 24.9. The van der Waals surface area contributed by atoms with E-state index in [1.807, 2.05) is 60.7 Å². The molecule has 2 heterocycles. The number of alkyl halides is 3. The fourth-order valence-electron chi connectivity index (χ4n) is 5.01. The molecule has 1 aliphatic heterocycles. The van der Waals surface area contributed by atoms with Crippen LogP contribution in [0.2, 0.25) is 0 Å². The Hall–Kier alpha value is -4.06. The Morgan fingerprint density at radius 2 is 1.50 bits per heavy atom. The molecular weight excluding hydrogens is 437 g/mol. The van der Waals surface area contributed by atoms with E-state index in [4.69, 9.17) is 0 Å². The number of para-hydroxylation sites is 2. The van der Waals surface area contributed by atoms with Crippen LogP contribution in [-0.4, -0.2) is 22.4 Å². The lowest BCUT2D eigenvalue weighted by Crippen LogP contribution is -2.18. The number of halogens is 3. The first-order valence-corrected chi connectivity index (χ1v) is 10.9. The molecule has 1 aliphatic rings. The van der Waals surface area contributed by atoms with Gasteiger partial charge in [0.1, 0.15) is 0 Å². The Morgan fingerprint density at radius 3 is 2.26 bits per heavy atom. The number of carbonyl (C=O) groups is 1. The van der Waals surface area contributed by atoms with Crippen molar-refractivity contribution >= 4 is 27.7 Å². The summed E-state index contributed by atoms with van der Waals surface area (Å²) in [5.74, 6) is -0.0384. The molecule has 0 aliphatic carbocycles. The highest BCUT2D eigenvalue weighted by molar-refractivity contribution is 6.15.